The largest absolute Gasteiger partial charge is 0.393 e. The maximum atomic E-state index is 12.0. The number of hydrogen-bond donors (Lipinski definition) is 2. The molecule has 172 valence electrons. The molecule has 0 aliphatic heterocycles. The van der Waals surface area contributed by atoms with Crippen LogP contribution in [0.2, 0.25) is 0 Å². The number of nitrogens with zero attached hydrogens (tertiary/aromatic N) is 9. The summed E-state index contributed by atoms with van der Waals surface area (Å²) in [7, 11) is 0. The molecule has 2 aromatic carbocycles. The van der Waals surface area contributed by atoms with Gasteiger partial charge in [-0.05, 0) is 52.4 Å². The topological polar surface area (TPSA) is 246 Å². The van der Waals surface area contributed by atoms with Gasteiger partial charge in [-0.2, -0.15) is 0 Å². The van der Waals surface area contributed by atoms with Crippen molar-refractivity contribution in [2.45, 2.75) is 13.0 Å². The Labute approximate surface area is 191 Å². The summed E-state index contributed by atoms with van der Waals surface area (Å²) in [4.78, 5) is 50.6. The second-order valence-electron chi connectivity index (χ2n) is 6.58. The number of carbonyl (C=O) groups excluding carboxylic acids is 2. The second-order valence-corrected chi connectivity index (χ2v) is 6.58. The third-order valence-corrected chi connectivity index (χ3v) is 4.56. The highest BCUT2D eigenvalue weighted by atomic mass is 16.3. The van der Waals surface area contributed by atoms with Crippen LogP contribution >= 0.6 is 0 Å². The molecule has 15 heteroatoms. The monoisotopic (exact) mass is 463 g/mol. The van der Waals surface area contributed by atoms with E-state index in [1.54, 1.807) is 24.3 Å². The molecule has 0 bridgehead atoms. The van der Waals surface area contributed by atoms with E-state index in [4.69, 9.17) is 22.6 Å². The van der Waals surface area contributed by atoms with Gasteiger partial charge in [0.05, 0.1) is 17.9 Å². The van der Waals surface area contributed by atoms with Gasteiger partial charge in [-0.3, -0.25) is 14.6 Å². The number of rotatable bonds is 10. The van der Waals surface area contributed by atoms with E-state index in [1.165, 1.54) is 18.2 Å². The van der Waals surface area contributed by atoms with Crippen LogP contribution in [0.25, 0.3) is 32.0 Å². The Morgan fingerprint density at radius 2 is 1.62 bits per heavy atom. The van der Waals surface area contributed by atoms with E-state index in [0.29, 0.717) is 11.1 Å². The molecule has 0 unspecified atom stereocenters. The Balaban J connectivity index is 2.61. The van der Waals surface area contributed by atoms with Crippen LogP contribution in [0.15, 0.2) is 74.4 Å². The Morgan fingerprint density at radius 3 is 2.21 bits per heavy atom. The first-order valence-corrected chi connectivity index (χ1v) is 9.41. The van der Waals surface area contributed by atoms with E-state index in [9.17, 15) is 19.4 Å². The van der Waals surface area contributed by atoms with Crippen LogP contribution in [0, 0.1) is 9.81 Å². The molecule has 0 heterocycles. The molecule has 0 fully saturated rings. The lowest BCUT2D eigenvalue weighted by Gasteiger charge is -2.24. The van der Waals surface area contributed by atoms with Gasteiger partial charge in [0, 0.05) is 32.3 Å². The van der Waals surface area contributed by atoms with Crippen molar-refractivity contribution in [1.82, 2.24) is 0 Å². The predicted molar refractivity (Wildman–Crippen MR) is 122 cm³/mol. The average Bonchev–Trinajstić information content (AvgIpc) is 2.88. The number of azide groups is 2. The Morgan fingerprint density at radius 1 is 0.941 bits per heavy atom. The summed E-state index contributed by atoms with van der Waals surface area (Å²) in [6.45, 7) is -0.00994. The standard InChI is InChI=1S/C19H17N11O4/c20-17(19(32)27-34)16(5-6-24-28-21)30(23)15-8-13(7-14(9-15)18(31)26-33)12-3-1-11(2-4-12)10-25-29-22/h1-4,7-9H,5-6,10,20,23H2/b17-16-. The van der Waals surface area contributed by atoms with Crippen LogP contribution in [0.5, 0.6) is 0 Å². The molecule has 0 saturated carbocycles. The van der Waals surface area contributed by atoms with Gasteiger partial charge in [0.1, 0.15) is 5.70 Å². The van der Waals surface area contributed by atoms with Crippen molar-refractivity contribution in [2.75, 3.05) is 11.6 Å². The third-order valence-electron chi connectivity index (χ3n) is 4.56. The van der Waals surface area contributed by atoms with Gasteiger partial charge in [0.25, 0.3) is 0 Å². The molecule has 0 aliphatic rings. The van der Waals surface area contributed by atoms with E-state index in [1.807, 2.05) is 0 Å². The zero-order valence-corrected chi connectivity index (χ0v) is 17.5. The molecule has 4 N–H and O–H groups in total. The number of benzene rings is 2. The van der Waals surface area contributed by atoms with Gasteiger partial charge in [0.2, 0.25) is 0 Å². The summed E-state index contributed by atoms with van der Waals surface area (Å²) in [5.74, 6) is 3.79. The van der Waals surface area contributed by atoms with Gasteiger partial charge in [-0.25, -0.2) is 5.84 Å². The summed E-state index contributed by atoms with van der Waals surface area (Å²) >= 11 is 0. The Kier molecular flexibility index (Phi) is 8.93. The number of carbonyl (C=O) groups is 2. The first-order chi connectivity index (χ1) is 16.4. The molecule has 34 heavy (non-hydrogen) atoms. The van der Waals surface area contributed by atoms with Crippen molar-refractivity contribution in [3.63, 3.8) is 0 Å². The molecule has 0 radical (unpaired) electrons. The molecule has 15 nitrogen and oxygen atoms in total. The lowest BCUT2D eigenvalue weighted by molar-refractivity contribution is -0.114. The minimum Gasteiger partial charge on any atom is -0.393 e. The summed E-state index contributed by atoms with van der Waals surface area (Å²) in [6.07, 6.45) is -0.138. The van der Waals surface area contributed by atoms with Gasteiger partial charge in [-0.1, -0.05) is 34.5 Å². The summed E-state index contributed by atoms with van der Waals surface area (Å²) < 4.78 is 0. The van der Waals surface area contributed by atoms with Gasteiger partial charge in [0.15, 0.2) is 0 Å². The highest BCUT2D eigenvalue weighted by Crippen LogP contribution is 2.29. The number of anilines is 1. The molecule has 0 atom stereocenters. The molecule has 0 saturated heterocycles. The zero-order chi connectivity index (χ0) is 25.1. The quantitative estimate of drug-likeness (QED) is 0.0998. The third kappa shape index (κ3) is 6.21. The van der Waals surface area contributed by atoms with E-state index < -0.39 is 17.5 Å². The van der Waals surface area contributed by atoms with Gasteiger partial charge in [-0.15, -0.1) is 9.81 Å². The molecule has 0 aromatic heterocycles. The van der Waals surface area contributed by atoms with E-state index >= 15 is 0 Å². The van der Waals surface area contributed by atoms with Crippen molar-refractivity contribution in [3.05, 3.63) is 95.7 Å². The van der Waals surface area contributed by atoms with E-state index in [-0.39, 0.29) is 36.5 Å². The smallest absolute Gasteiger partial charge is 0.334 e. The first-order valence-electron chi connectivity index (χ1n) is 9.41. The number of nitroso groups, excluding NO2 is 2. The van der Waals surface area contributed by atoms with Crippen molar-refractivity contribution in [2.24, 2.45) is 32.2 Å². The van der Waals surface area contributed by atoms with Crippen LogP contribution in [-0.4, -0.2) is 18.4 Å². The summed E-state index contributed by atoms with van der Waals surface area (Å²) in [5.41, 5.74) is 23.8. The van der Waals surface area contributed by atoms with Crippen LogP contribution in [-0.2, 0) is 11.3 Å². The lowest BCUT2D eigenvalue weighted by Crippen LogP contribution is -2.34. The fraction of sp³-hybridized carbons (Fsp3) is 0.158. The Hall–Kier alpha value is -5.10. The minimum absolute atomic E-state index is 0.101. The fourth-order valence-electron chi connectivity index (χ4n) is 2.92. The molecule has 0 spiro atoms. The normalized spacial score (nSPS) is 10.7. The molecular weight excluding hydrogens is 446 g/mol. The predicted octanol–water partition coefficient (Wildman–Crippen LogP) is 3.91. The number of hydrogen-bond acceptors (Lipinski definition) is 9. The van der Waals surface area contributed by atoms with Crippen molar-refractivity contribution in [1.29, 1.82) is 0 Å². The highest BCUT2D eigenvalue weighted by Gasteiger charge is 2.20. The number of hydrazine groups is 1. The molecule has 2 amide bonds. The average molecular weight is 463 g/mol. The van der Waals surface area contributed by atoms with E-state index in [2.05, 4.69) is 30.4 Å². The molecule has 0 aliphatic carbocycles. The molecule has 2 rings (SSSR count). The minimum atomic E-state index is -1.29. The Bertz CT molecular complexity index is 1240. The summed E-state index contributed by atoms with van der Waals surface area (Å²) in [5, 5.41) is 12.5. The van der Waals surface area contributed by atoms with Crippen molar-refractivity contribution < 1.29 is 9.59 Å². The van der Waals surface area contributed by atoms with E-state index in [0.717, 1.165) is 10.6 Å². The highest BCUT2D eigenvalue weighted by molar-refractivity contribution is 5.98. The number of amides is 2. The van der Waals surface area contributed by atoms with Crippen molar-refractivity contribution in [3.8, 4) is 11.1 Å². The fourth-order valence-corrected chi connectivity index (χ4v) is 2.92. The molecule has 2 aromatic rings. The van der Waals surface area contributed by atoms with Crippen LogP contribution in [0.3, 0.4) is 0 Å². The maximum Gasteiger partial charge on any atom is 0.334 e. The number of nitrogens with two attached hydrogens (primary N) is 2. The maximum absolute atomic E-state index is 12.0. The van der Waals surface area contributed by atoms with Gasteiger partial charge < -0.3 is 5.73 Å². The lowest BCUT2D eigenvalue weighted by atomic mass is 10.00. The SMILES string of the molecule is [N-]=[N+]=NCC/C(=C(/N)C(=O)N=O)N(N)c1cc(C(=O)N=O)cc(-c2ccc(CN=[N+]=[N-])cc2)c1. The zero-order valence-electron chi connectivity index (χ0n) is 17.5. The summed E-state index contributed by atoms with van der Waals surface area (Å²) in [6, 6.07) is 11.0. The van der Waals surface area contributed by atoms with Crippen LogP contribution in [0.1, 0.15) is 22.3 Å². The molecular formula is C19H17N11O4. The van der Waals surface area contributed by atoms with Gasteiger partial charge >= 0.3 is 11.8 Å². The van der Waals surface area contributed by atoms with Crippen LogP contribution < -0.4 is 16.6 Å². The first kappa shape index (κ1) is 25.2. The van der Waals surface area contributed by atoms with Crippen LogP contribution in [0.4, 0.5) is 5.69 Å². The second kappa shape index (κ2) is 12.1. The van der Waals surface area contributed by atoms with Crippen molar-refractivity contribution >= 4 is 17.5 Å².